The summed E-state index contributed by atoms with van der Waals surface area (Å²) in [6.45, 7) is 2.87. The summed E-state index contributed by atoms with van der Waals surface area (Å²) in [6, 6.07) is 15.9. The van der Waals surface area contributed by atoms with E-state index in [0.717, 1.165) is 40.7 Å². The third kappa shape index (κ3) is 4.91. The number of aromatic nitrogens is 1. The van der Waals surface area contributed by atoms with Crippen LogP contribution in [-0.4, -0.2) is 41.2 Å². The van der Waals surface area contributed by atoms with Crippen LogP contribution >= 0.6 is 23.4 Å². The van der Waals surface area contributed by atoms with E-state index in [1.807, 2.05) is 53.4 Å². The van der Waals surface area contributed by atoms with Crippen LogP contribution in [0.15, 0.2) is 54.7 Å². The molecular formula is C24H26ClN3O2S. The van der Waals surface area contributed by atoms with Gasteiger partial charge in [-0.05, 0) is 38.0 Å². The molecule has 4 rings (SSSR count). The molecule has 5 nitrogen and oxygen atoms in total. The molecule has 1 aliphatic rings. The van der Waals surface area contributed by atoms with Crippen LogP contribution in [0.5, 0.6) is 5.75 Å². The van der Waals surface area contributed by atoms with Crippen molar-refractivity contribution in [2.45, 2.75) is 31.2 Å². The Balaban J connectivity index is 1.39. The van der Waals surface area contributed by atoms with Crippen LogP contribution in [-0.2, 0) is 4.79 Å². The van der Waals surface area contributed by atoms with Gasteiger partial charge in [-0.25, -0.2) is 0 Å². The second-order valence-corrected chi connectivity index (χ2v) is 9.19. The van der Waals surface area contributed by atoms with Crippen LogP contribution in [0.1, 0.15) is 30.7 Å². The Morgan fingerprint density at radius 1 is 1.29 bits per heavy atom. The molecule has 1 fully saturated rings. The number of thioether (sulfide) groups is 1. The van der Waals surface area contributed by atoms with Gasteiger partial charge < -0.3 is 15.0 Å². The monoisotopic (exact) mass is 455 g/mol. The van der Waals surface area contributed by atoms with Crippen molar-refractivity contribution in [3.63, 3.8) is 0 Å². The van der Waals surface area contributed by atoms with Gasteiger partial charge in [0.1, 0.15) is 11.1 Å². The normalized spacial score (nSPS) is 17.2. The summed E-state index contributed by atoms with van der Waals surface area (Å²) < 4.78 is 5.44. The van der Waals surface area contributed by atoms with E-state index in [0.29, 0.717) is 17.3 Å². The van der Waals surface area contributed by atoms with Crippen molar-refractivity contribution in [3.8, 4) is 5.75 Å². The van der Waals surface area contributed by atoms with E-state index < -0.39 is 0 Å². The number of nitrogens with zero attached hydrogens (tertiary/aromatic N) is 2. The van der Waals surface area contributed by atoms with Crippen molar-refractivity contribution in [2.75, 3.05) is 24.7 Å². The molecule has 0 spiro atoms. The maximum absolute atomic E-state index is 12.5. The molecule has 2 atom stereocenters. The molecule has 0 aliphatic carbocycles. The Kier molecular flexibility index (Phi) is 6.88. The zero-order chi connectivity index (χ0) is 21.8. The maximum atomic E-state index is 12.5. The molecule has 162 valence electrons. The van der Waals surface area contributed by atoms with Gasteiger partial charge in [-0.2, -0.15) is 0 Å². The molecule has 2 aromatic carbocycles. The third-order valence-corrected chi connectivity index (χ3v) is 7.07. The van der Waals surface area contributed by atoms with Gasteiger partial charge in [0, 0.05) is 40.8 Å². The van der Waals surface area contributed by atoms with E-state index in [-0.39, 0.29) is 17.3 Å². The number of fused-ring (bicyclic) bond motifs is 1. The van der Waals surface area contributed by atoms with Crippen LogP contribution in [0, 0.1) is 0 Å². The Morgan fingerprint density at radius 3 is 2.94 bits per heavy atom. The van der Waals surface area contributed by atoms with Crippen LogP contribution in [0.25, 0.3) is 10.9 Å². The second kappa shape index (κ2) is 9.79. The van der Waals surface area contributed by atoms with E-state index in [4.69, 9.17) is 16.3 Å². The summed E-state index contributed by atoms with van der Waals surface area (Å²) in [5.74, 6) is 1.49. The molecule has 7 heteroatoms. The summed E-state index contributed by atoms with van der Waals surface area (Å²) in [5.41, 5.74) is 2.91. The summed E-state index contributed by atoms with van der Waals surface area (Å²) in [5, 5.41) is 5.33. The molecule has 3 aromatic rings. The average Bonchev–Trinajstić information content (AvgIpc) is 3.14. The Morgan fingerprint density at radius 2 is 2.13 bits per heavy atom. The minimum absolute atomic E-state index is 0.00371. The van der Waals surface area contributed by atoms with Gasteiger partial charge in [-0.1, -0.05) is 35.9 Å². The van der Waals surface area contributed by atoms with E-state index in [9.17, 15) is 4.79 Å². The van der Waals surface area contributed by atoms with Crippen molar-refractivity contribution in [2.24, 2.45) is 0 Å². The number of hydrogen-bond donors (Lipinski definition) is 1. The Hall–Kier alpha value is -2.44. The number of anilines is 1. The molecule has 31 heavy (non-hydrogen) atoms. The molecule has 2 heterocycles. The lowest BCUT2D eigenvalue weighted by Gasteiger charge is -2.26. The van der Waals surface area contributed by atoms with Gasteiger partial charge in [0.2, 0.25) is 5.91 Å². The van der Waals surface area contributed by atoms with Crippen molar-refractivity contribution in [1.29, 1.82) is 0 Å². The fourth-order valence-electron chi connectivity index (χ4n) is 3.93. The van der Waals surface area contributed by atoms with Crippen molar-refractivity contribution < 1.29 is 9.53 Å². The van der Waals surface area contributed by atoms with Crippen molar-refractivity contribution in [3.05, 3.63) is 65.3 Å². The first kappa shape index (κ1) is 21.8. The standard InChI is InChI=1S/C24H26ClN3O2S/c1-16(27-21-14-18(30-2)13-17-8-5-11-26-23(17)21)7-6-12-28-22(29)15-31-24(28)19-9-3-4-10-20(19)25/h3-5,8-11,13-14,16,24,27H,6-7,12,15H2,1-2H3. The molecule has 1 amide bonds. The predicted octanol–water partition coefficient (Wildman–Crippen LogP) is 5.75. The number of carbonyl (C=O) groups is 1. The number of pyridine rings is 1. The van der Waals surface area contributed by atoms with Gasteiger partial charge in [0.15, 0.2) is 0 Å². The average molecular weight is 456 g/mol. The highest BCUT2D eigenvalue weighted by atomic mass is 35.5. The first-order valence-electron chi connectivity index (χ1n) is 10.4. The van der Waals surface area contributed by atoms with E-state index in [1.165, 1.54) is 0 Å². The number of benzene rings is 2. The molecule has 0 saturated carbocycles. The zero-order valence-corrected chi connectivity index (χ0v) is 19.2. The molecule has 1 aliphatic heterocycles. The summed E-state index contributed by atoms with van der Waals surface area (Å²) in [6.07, 6.45) is 3.63. The fourth-order valence-corrected chi connectivity index (χ4v) is 5.49. The number of hydrogen-bond acceptors (Lipinski definition) is 5. The molecule has 0 radical (unpaired) electrons. The summed E-state index contributed by atoms with van der Waals surface area (Å²) in [7, 11) is 1.67. The first-order chi connectivity index (χ1) is 15.1. The van der Waals surface area contributed by atoms with Crippen LogP contribution in [0.4, 0.5) is 5.69 Å². The second-order valence-electron chi connectivity index (χ2n) is 7.71. The van der Waals surface area contributed by atoms with Crippen LogP contribution in [0.3, 0.4) is 0 Å². The highest BCUT2D eigenvalue weighted by Crippen LogP contribution is 2.41. The van der Waals surface area contributed by atoms with E-state index in [2.05, 4.69) is 17.2 Å². The van der Waals surface area contributed by atoms with E-state index in [1.54, 1.807) is 25.1 Å². The molecular weight excluding hydrogens is 430 g/mol. The smallest absolute Gasteiger partial charge is 0.233 e. The first-order valence-corrected chi connectivity index (χ1v) is 11.8. The number of carbonyl (C=O) groups excluding carboxylic acids is 1. The largest absolute Gasteiger partial charge is 0.497 e. The minimum Gasteiger partial charge on any atom is -0.497 e. The topological polar surface area (TPSA) is 54.5 Å². The lowest BCUT2D eigenvalue weighted by molar-refractivity contribution is -0.128. The van der Waals surface area contributed by atoms with Crippen LogP contribution in [0.2, 0.25) is 5.02 Å². The van der Waals surface area contributed by atoms with Gasteiger partial charge >= 0.3 is 0 Å². The highest BCUT2D eigenvalue weighted by Gasteiger charge is 2.33. The lowest BCUT2D eigenvalue weighted by atomic mass is 10.1. The highest BCUT2D eigenvalue weighted by molar-refractivity contribution is 8.00. The molecule has 1 saturated heterocycles. The van der Waals surface area contributed by atoms with Gasteiger partial charge in [-0.3, -0.25) is 9.78 Å². The number of rotatable bonds is 8. The summed E-state index contributed by atoms with van der Waals surface area (Å²) >= 11 is 8.03. The molecule has 0 bridgehead atoms. The van der Waals surface area contributed by atoms with Gasteiger partial charge in [0.05, 0.1) is 24.1 Å². The van der Waals surface area contributed by atoms with Gasteiger partial charge in [0.25, 0.3) is 0 Å². The Labute approximate surface area is 192 Å². The number of halogens is 1. The SMILES string of the molecule is COc1cc(NC(C)CCCN2C(=O)CSC2c2ccccc2Cl)c2ncccc2c1. The fraction of sp³-hybridized carbons (Fsp3) is 0.333. The number of ether oxygens (including phenoxy) is 1. The third-order valence-electron chi connectivity index (χ3n) is 5.49. The molecule has 1 aromatic heterocycles. The molecule has 2 unspecified atom stereocenters. The van der Waals surface area contributed by atoms with Crippen LogP contribution < -0.4 is 10.1 Å². The maximum Gasteiger partial charge on any atom is 0.233 e. The van der Waals surface area contributed by atoms with E-state index >= 15 is 0 Å². The minimum atomic E-state index is -0.00371. The van der Waals surface area contributed by atoms with Crippen molar-refractivity contribution in [1.82, 2.24) is 9.88 Å². The zero-order valence-electron chi connectivity index (χ0n) is 17.7. The summed E-state index contributed by atoms with van der Waals surface area (Å²) in [4.78, 5) is 19.0. The quantitative estimate of drug-likeness (QED) is 0.468. The number of amides is 1. The Bertz CT molecular complexity index is 1080. The number of methoxy groups -OCH3 is 1. The van der Waals surface area contributed by atoms with Gasteiger partial charge in [-0.15, -0.1) is 11.8 Å². The predicted molar refractivity (Wildman–Crippen MR) is 129 cm³/mol. The lowest BCUT2D eigenvalue weighted by Crippen LogP contribution is -2.30. The molecule has 1 N–H and O–H groups in total. The number of nitrogens with one attached hydrogen (secondary N) is 1. The van der Waals surface area contributed by atoms with Crippen molar-refractivity contribution >= 4 is 45.9 Å².